The Morgan fingerprint density at radius 1 is 1.16 bits per heavy atom. The van der Waals surface area contributed by atoms with Gasteiger partial charge in [-0.1, -0.05) is 24.3 Å². The largest absolute Gasteiger partial charge is 0.329 e. The molecule has 1 aromatic rings. The monoisotopic (exact) mass is 258 g/mol. The van der Waals surface area contributed by atoms with Crippen LogP contribution in [0.5, 0.6) is 0 Å². The number of amides is 2. The summed E-state index contributed by atoms with van der Waals surface area (Å²) in [6.45, 7) is 3.66. The molecule has 1 aliphatic rings. The van der Waals surface area contributed by atoms with Gasteiger partial charge in [0.25, 0.3) is 0 Å². The second kappa shape index (κ2) is 5.26. The van der Waals surface area contributed by atoms with E-state index < -0.39 is 5.41 Å². The van der Waals surface area contributed by atoms with Crippen molar-refractivity contribution in [3.63, 3.8) is 0 Å². The van der Waals surface area contributed by atoms with Crippen molar-refractivity contribution in [2.45, 2.75) is 26.7 Å². The third-order valence-corrected chi connectivity index (χ3v) is 3.39. The molecule has 0 atom stereocenters. The summed E-state index contributed by atoms with van der Waals surface area (Å²) in [6, 6.07) is 9.19. The van der Waals surface area contributed by atoms with Gasteiger partial charge in [-0.05, 0) is 38.8 Å². The maximum atomic E-state index is 12.2. The highest BCUT2D eigenvalue weighted by molar-refractivity contribution is 6.13. The Morgan fingerprint density at radius 2 is 1.79 bits per heavy atom. The van der Waals surface area contributed by atoms with E-state index >= 15 is 0 Å². The predicted molar refractivity (Wildman–Crippen MR) is 74.3 cm³/mol. The van der Waals surface area contributed by atoms with Gasteiger partial charge in [0.1, 0.15) is 5.41 Å². The summed E-state index contributed by atoms with van der Waals surface area (Å²) in [7, 11) is 0. The van der Waals surface area contributed by atoms with Gasteiger partial charge in [-0.25, -0.2) is 0 Å². The van der Waals surface area contributed by atoms with Crippen LogP contribution in [0.25, 0.3) is 0 Å². The van der Waals surface area contributed by atoms with E-state index in [1.807, 2.05) is 50.3 Å². The first-order chi connectivity index (χ1) is 9.08. The van der Waals surface area contributed by atoms with Gasteiger partial charge < -0.3 is 10.6 Å². The number of carbonyl (C=O) groups is 2. The van der Waals surface area contributed by atoms with E-state index in [0.717, 1.165) is 5.70 Å². The van der Waals surface area contributed by atoms with Crippen molar-refractivity contribution < 1.29 is 9.59 Å². The maximum Gasteiger partial charge on any atom is 0.240 e. The first-order valence-electron chi connectivity index (χ1n) is 6.39. The normalized spacial score (nSPS) is 16.6. The van der Waals surface area contributed by atoms with Crippen LogP contribution in [0.1, 0.15) is 26.7 Å². The number of anilines is 1. The fourth-order valence-corrected chi connectivity index (χ4v) is 1.83. The molecule has 0 spiro atoms. The van der Waals surface area contributed by atoms with Gasteiger partial charge in [0.2, 0.25) is 11.8 Å². The quantitative estimate of drug-likeness (QED) is 0.815. The van der Waals surface area contributed by atoms with Crippen LogP contribution in [0, 0.1) is 5.41 Å². The topological polar surface area (TPSA) is 58.2 Å². The van der Waals surface area contributed by atoms with Crippen molar-refractivity contribution in [2.75, 3.05) is 5.32 Å². The van der Waals surface area contributed by atoms with Crippen LogP contribution in [-0.4, -0.2) is 11.8 Å². The zero-order chi connectivity index (χ0) is 13.9. The lowest BCUT2D eigenvalue weighted by atomic mass is 10.0. The van der Waals surface area contributed by atoms with E-state index in [2.05, 4.69) is 10.6 Å². The Kier molecular flexibility index (Phi) is 3.69. The van der Waals surface area contributed by atoms with E-state index in [-0.39, 0.29) is 11.8 Å². The Bertz CT molecular complexity index is 516. The number of allylic oxidation sites excluding steroid dienone is 2. The zero-order valence-electron chi connectivity index (χ0n) is 11.2. The highest BCUT2D eigenvalue weighted by atomic mass is 16.2. The summed E-state index contributed by atoms with van der Waals surface area (Å²) in [4.78, 5) is 24.3. The van der Waals surface area contributed by atoms with Crippen molar-refractivity contribution >= 4 is 17.5 Å². The molecule has 0 aromatic heterocycles. The smallest absolute Gasteiger partial charge is 0.240 e. The second-order valence-corrected chi connectivity index (χ2v) is 4.83. The minimum Gasteiger partial charge on any atom is -0.329 e. The molecule has 4 heteroatoms. The van der Waals surface area contributed by atoms with Gasteiger partial charge in [0, 0.05) is 11.4 Å². The molecule has 1 fully saturated rings. The van der Waals surface area contributed by atoms with Crippen LogP contribution < -0.4 is 10.6 Å². The summed E-state index contributed by atoms with van der Waals surface area (Å²) in [6.07, 6.45) is 3.02. The molecule has 0 aliphatic heterocycles. The standard InChI is InChI=1S/C15H18N2O2/c1-3-11(2)16-13(18)15(9-10-15)14(19)17-12-7-5-4-6-8-12/h3-8H,9-10H2,1-2H3,(H,16,18)(H,17,19)/b11-3+. The minimum absolute atomic E-state index is 0.212. The predicted octanol–water partition coefficient (Wildman–Crippen LogP) is 2.45. The summed E-state index contributed by atoms with van der Waals surface area (Å²) in [5.41, 5.74) is 0.596. The van der Waals surface area contributed by atoms with Crippen LogP contribution in [0.15, 0.2) is 42.1 Å². The molecule has 0 radical (unpaired) electrons. The lowest BCUT2D eigenvalue weighted by molar-refractivity contribution is -0.133. The average Bonchev–Trinajstić information content (AvgIpc) is 3.21. The van der Waals surface area contributed by atoms with Crippen LogP contribution in [0.3, 0.4) is 0 Å². The van der Waals surface area contributed by atoms with Gasteiger partial charge in [-0.2, -0.15) is 0 Å². The SMILES string of the molecule is C/C=C(\C)NC(=O)C1(C(=O)Nc2ccccc2)CC1. The summed E-state index contributed by atoms with van der Waals surface area (Å²) in [5, 5.41) is 5.56. The van der Waals surface area contributed by atoms with Gasteiger partial charge >= 0.3 is 0 Å². The first-order valence-corrected chi connectivity index (χ1v) is 6.39. The van der Waals surface area contributed by atoms with Gasteiger partial charge in [0.15, 0.2) is 0 Å². The molecule has 0 unspecified atom stereocenters. The third kappa shape index (κ3) is 2.84. The number of rotatable bonds is 4. The number of para-hydroxylation sites is 1. The van der Waals surface area contributed by atoms with Crippen LogP contribution >= 0.6 is 0 Å². The van der Waals surface area contributed by atoms with E-state index in [1.54, 1.807) is 0 Å². The molecule has 4 nitrogen and oxygen atoms in total. The zero-order valence-corrected chi connectivity index (χ0v) is 11.2. The van der Waals surface area contributed by atoms with E-state index in [1.165, 1.54) is 0 Å². The molecule has 2 amide bonds. The van der Waals surface area contributed by atoms with Crippen molar-refractivity contribution in [3.05, 3.63) is 42.1 Å². The highest BCUT2D eigenvalue weighted by Gasteiger charge is 2.56. The molecule has 1 aliphatic carbocycles. The Labute approximate surface area is 112 Å². The van der Waals surface area contributed by atoms with E-state index in [0.29, 0.717) is 18.5 Å². The summed E-state index contributed by atoms with van der Waals surface area (Å²) >= 11 is 0. The molecule has 1 saturated carbocycles. The number of carbonyl (C=O) groups excluding carboxylic acids is 2. The van der Waals surface area contributed by atoms with E-state index in [9.17, 15) is 9.59 Å². The molecule has 0 heterocycles. The molecule has 2 N–H and O–H groups in total. The highest BCUT2D eigenvalue weighted by Crippen LogP contribution is 2.47. The van der Waals surface area contributed by atoms with Gasteiger partial charge in [-0.3, -0.25) is 9.59 Å². The minimum atomic E-state index is -0.889. The summed E-state index contributed by atoms with van der Waals surface area (Å²) in [5.74, 6) is -0.434. The third-order valence-electron chi connectivity index (χ3n) is 3.39. The lowest BCUT2D eigenvalue weighted by Gasteiger charge is -2.15. The van der Waals surface area contributed by atoms with Crippen LogP contribution in [0.2, 0.25) is 0 Å². The first kappa shape index (κ1) is 13.3. The van der Waals surface area contributed by atoms with Crippen molar-refractivity contribution in [2.24, 2.45) is 5.41 Å². The fraction of sp³-hybridized carbons (Fsp3) is 0.333. The van der Waals surface area contributed by atoms with E-state index in [4.69, 9.17) is 0 Å². The summed E-state index contributed by atoms with van der Waals surface area (Å²) < 4.78 is 0. The molecular formula is C15H18N2O2. The van der Waals surface area contributed by atoms with Crippen molar-refractivity contribution in [1.29, 1.82) is 0 Å². The molecular weight excluding hydrogens is 240 g/mol. The second-order valence-electron chi connectivity index (χ2n) is 4.83. The molecule has 100 valence electrons. The Hall–Kier alpha value is -2.10. The molecule has 2 rings (SSSR count). The number of hydrogen-bond acceptors (Lipinski definition) is 2. The number of benzene rings is 1. The van der Waals surface area contributed by atoms with Crippen molar-refractivity contribution in [3.8, 4) is 0 Å². The average molecular weight is 258 g/mol. The number of nitrogens with one attached hydrogen (secondary N) is 2. The van der Waals surface area contributed by atoms with Crippen LogP contribution in [0.4, 0.5) is 5.69 Å². The number of hydrogen-bond donors (Lipinski definition) is 2. The van der Waals surface area contributed by atoms with Gasteiger partial charge in [0.05, 0.1) is 0 Å². The molecule has 0 bridgehead atoms. The van der Waals surface area contributed by atoms with Crippen LogP contribution in [-0.2, 0) is 9.59 Å². The molecule has 1 aromatic carbocycles. The molecule has 0 saturated heterocycles. The fourth-order valence-electron chi connectivity index (χ4n) is 1.83. The van der Waals surface area contributed by atoms with Crippen molar-refractivity contribution in [1.82, 2.24) is 5.32 Å². The maximum absolute atomic E-state index is 12.2. The molecule has 19 heavy (non-hydrogen) atoms. The Balaban J connectivity index is 2.04. The van der Waals surface area contributed by atoms with Gasteiger partial charge in [-0.15, -0.1) is 0 Å². The lowest BCUT2D eigenvalue weighted by Crippen LogP contribution is -2.39. The Morgan fingerprint density at radius 3 is 2.32 bits per heavy atom.